The summed E-state index contributed by atoms with van der Waals surface area (Å²) in [7, 11) is 0. The fourth-order valence-electron chi connectivity index (χ4n) is 3.58. The second-order valence-corrected chi connectivity index (χ2v) is 7.04. The molecule has 0 radical (unpaired) electrons. The van der Waals surface area contributed by atoms with Crippen molar-refractivity contribution in [3.8, 4) is 0 Å². The van der Waals surface area contributed by atoms with Gasteiger partial charge < -0.3 is 4.90 Å². The number of imide groups is 1. The van der Waals surface area contributed by atoms with E-state index in [1.165, 1.54) is 4.90 Å². The molecule has 0 atom stereocenters. The first-order valence-electron chi connectivity index (χ1n) is 8.80. The molecule has 0 aliphatic carbocycles. The van der Waals surface area contributed by atoms with E-state index in [9.17, 15) is 9.59 Å². The van der Waals surface area contributed by atoms with Gasteiger partial charge >= 0.3 is 0 Å². The maximum absolute atomic E-state index is 13.1. The van der Waals surface area contributed by atoms with E-state index in [4.69, 9.17) is 11.6 Å². The highest BCUT2D eigenvalue weighted by molar-refractivity contribution is 6.35. The Labute approximate surface area is 157 Å². The lowest BCUT2D eigenvalue weighted by Crippen LogP contribution is -2.34. The maximum atomic E-state index is 13.1. The molecule has 2 heterocycles. The lowest BCUT2D eigenvalue weighted by molar-refractivity contribution is -0.138. The Kier molecular flexibility index (Phi) is 4.51. The summed E-state index contributed by atoms with van der Waals surface area (Å²) in [4.78, 5) is 29.7. The van der Waals surface area contributed by atoms with Gasteiger partial charge in [0.25, 0.3) is 11.8 Å². The first kappa shape index (κ1) is 16.9. The molecular weight excluding hydrogens is 348 g/mol. The number of carbonyl (C=O) groups is 2. The van der Waals surface area contributed by atoms with Gasteiger partial charge in [-0.25, -0.2) is 0 Å². The van der Waals surface area contributed by atoms with Crippen molar-refractivity contribution in [2.24, 2.45) is 0 Å². The van der Waals surface area contributed by atoms with Crippen LogP contribution in [0.1, 0.15) is 24.0 Å². The van der Waals surface area contributed by atoms with Crippen LogP contribution in [-0.4, -0.2) is 34.7 Å². The van der Waals surface area contributed by atoms with Crippen molar-refractivity contribution in [3.05, 3.63) is 76.4 Å². The normalized spacial score (nSPS) is 17.6. The third-order valence-corrected chi connectivity index (χ3v) is 5.13. The predicted molar refractivity (Wildman–Crippen MR) is 101 cm³/mol. The minimum absolute atomic E-state index is 0.203. The SMILES string of the molecule is O=C1C(c2ccccc2)=C(N2CCCC2)C(=O)N1Cc1ccc(Cl)cc1. The molecule has 2 amide bonds. The molecule has 2 aromatic rings. The van der Waals surface area contributed by atoms with E-state index >= 15 is 0 Å². The monoisotopic (exact) mass is 366 g/mol. The van der Waals surface area contributed by atoms with E-state index < -0.39 is 0 Å². The summed E-state index contributed by atoms with van der Waals surface area (Å²) in [5, 5.41) is 0.633. The number of hydrogen-bond donors (Lipinski definition) is 0. The summed E-state index contributed by atoms with van der Waals surface area (Å²) in [6, 6.07) is 16.7. The third-order valence-electron chi connectivity index (χ3n) is 4.88. The smallest absolute Gasteiger partial charge is 0.278 e. The van der Waals surface area contributed by atoms with Gasteiger partial charge in [-0.2, -0.15) is 0 Å². The fourth-order valence-corrected chi connectivity index (χ4v) is 3.70. The van der Waals surface area contributed by atoms with E-state index in [0.717, 1.165) is 37.1 Å². The van der Waals surface area contributed by atoms with Gasteiger partial charge in [-0.1, -0.05) is 54.1 Å². The first-order valence-corrected chi connectivity index (χ1v) is 9.18. The first-order chi connectivity index (χ1) is 12.6. The van der Waals surface area contributed by atoms with Gasteiger partial charge in [0.1, 0.15) is 5.70 Å². The van der Waals surface area contributed by atoms with Crippen LogP contribution in [0.4, 0.5) is 0 Å². The van der Waals surface area contributed by atoms with Gasteiger partial charge in [0, 0.05) is 18.1 Å². The van der Waals surface area contributed by atoms with Gasteiger partial charge in [0.2, 0.25) is 0 Å². The molecule has 2 aromatic carbocycles. The third kappa shape index (κ3) is 3.01. The van der Waals surface area contributed by atoms with Gasteiger partial charge in [-0.3, -0.25) is 14.5 Å². The predicted octanol–water partition coefficient (Wildman–Crippen LogP) is 3.72. The maximum Gasteiger partial charge on any atom is 0.278 e. The Morgan fingerprint density at radius 3 is 2.15 bits per heavy atom. The highest BCUT2D eigenvalue weighted by atomic mass is 35.5. The molecule has 0 bridgehead atoms. The zero-order valence-corrected chi connectivity index (χ0v) is 15.1. The second-order valence-electron chi connectivity index (χ2n) is 6.61. The zero-order valence-electron chi connectivity index (χ0n) is 14.3. The number of amides is 2. The molecule has 0 unspecified atom stereocenters. The summed E-state index contributed by atoms with van der Waals surface area (Å²) in [6.07, 6.45) is 2.09. The molecule has 0 saturated carbocycles. The molecule has 0 spiro atoms. The summed E-state index contributed by atoms with van der Waals surface area (Å²) >= 11 is 5.94. The van der Waals surface area contributed by atoms with Crippen LogP contribution in [0.5, 0.6) is 0 Å². The molecule has 132 valence electrons. The molecule has 4 rings (SSSR count). The Morgan fingerprint density at radius 2 is 1.50 bits per heavy atom. The van der Waals surface area contributed by atoms with Gasteiger partial charge in [0.05, 0.1) is 12.1 Å². The number of hydrogen-bond acceptors (Lipinski definition) is 3. The minimum Gasteiger partial charge on any atom is -0.366 e. The van der Waals surface area contributed by atoms with Crippen molar-refractivity contribution >= 4 is 29.0 Å². The number of likely N-dealkylation sites (tertiary alicyclic amines) is 1. The van der Waals surface area contributed by atoms with E-state index in [1.54, 1.807) is 12.1 Å². The quantitative estimate of drug-likeness (QED) is 0.774. The van der Waals surface area contributed by atoms with E-state index in [-0.39, 0.29) is 18.4 Å². The van der Waals surface area contributed by atoms with Crippen molar-refractivity contribution < 1.29 is 9.59 Å². The number of carbonyl (C=O) groups excluding carboxylic acids is 2. The largest absolute Gasteiger partial charge is 0.366 e. The van der Waals surface area contributed by atoms with Crippen molar-refractivity contribution in [2.45, 2.75) is 19.4 Å². The molecule has 5 heteroatoms. The van der Waals surface area contributed by atoms with Crippen LogP contribution in [0.15, 0.2) is 60.3 Å². The minimum atomic E-state index is -0.224. The van der Waals surface area contributed by atoms with Crippen LogP contribution in [0.25, 0.3) is 5.57 Å². The molecule has 2 aliphatic heterocycles. The molecule has 0 N–H and O–H groups in total. The molecular formula is C21H19ClN2O2. The Balaban J connectivity index is 1.71. The summed E-state index contributed by atoms with van der Waals surface area (Å²) in [6.45, 7) is 1.89. The van der Waals surface area contributed by atoms with Crippen molar-refractivity contribution in [1.82, 2.24) is 9.80 Å². The Hall–Kier alpha value is -2.59. The molecule has 26 heavy (non-hydrogen) atoms. The highest BCUT2D eigenvalue weighted by Gasteiger charge is 2.41. The lowest BCUT2D eigenvalue weighted by atomic mass is 10.0. The van der Waals surface area contributed by atoms with Crippen LogP contribution in [0, 0.1) is 0 Å². The van der Waals surface area contributed by atoms with E-state index in [1.807, 2.05) is 42.5 Å². The van der Waals surface area contributed by atoms with E-state index in [0.29, 0.717) is 16.3 Å². The summed E-state index contributed by atoms with van der Waals surface area (Å²) < 4.78 is 0. The highest BCUT2D eigenvalue weighted by Crippen LogP contribution is 2.34. The van der Waals surface area contributed by atoms with Gasteiger partial charge in [-0.15, -0.1) is 0 Å². The van der Waals surface area contributed by atoms with Crippen molar-refractivity contribution in [3.63, 3.8) is 0 Å². The number of rotatable bonds is 4. The Bertz CT molecular complexity index is 869. The number of halogens is 1. The molecule has 1 fully saturated rings. The van der Waals surface area contributed by atoms with E-state index in [2.05, 4.69) is 4.90 Å². The van der Waals surface area contributed by atoms with Crippen LogP contribution in [0.2, 0.25) is 5.02 Å². The zero-order chi connectivity index (χ0) is 18.1. The summed E-state index contributed by atoms with van der Waals surface area (Å²) in [5.74, 6) is -0.427. The van der Waals surface area contributed by atoms with Crippen molar-refractivity contribution in [1.29, 1.82) is 0 Å². The van der Waals surface area contributed by atoms with Crippen LogP contribution >= 0.6 is 11.6 Å². The molecule has 2 aliphatic rings. The fraction of sp³-hybridized carbons (Fsp3) is 0.238. The number of nitrogens with zero attached hydrogens (tertiary/aromatic N) is 2. The number of benzene rings is 2. The molecule has 4 nitrogen and oxygen atoms in total. The summed E-state index contributed by atoms with van der Waals surface area (Å²) in [5.41, 5.74) is 2.75. The molecule has 1 saturated heterocycles. The van der Waals surface area contributed by atoms with Crippen molar-refractivity contribution in [2.75, 3.05) is 13.1 Å². The Morgan fingerprint density at radius 1 is 0.846 bits per heavy atom. The van der Waals surface area contributed by atoms with Crippen LogP contribution in [0.3, 0.4) is 0 Å². The lowest BCUT2D eigenvalue weighted by Gasteiger charge is -2.20. The van der Waals surface area contributed by atoms with Crippen LogP contribution in [-0.2, 0) is 16.1 Å². The average molecular weight is 367 g/mol. The molecule has 0 aromatic heterocycles. The van der Waals surface area contributed by atoms with Crippen LogP contribution < -0.4 is 0 Å². The topological polar surface area (TPSA) is 40.6 Å². The standard InChI is InChI=1S/C21H19ClN2O2/c22-17-10-8-15(9-11-17)14-24-20(25)18(16-6-2-1-3-7-16)19(21(24)26)23-12-4-5-13-23/h1-3,6-11H,4-5,12-14H2. The second kappa shape index (κ2) is 6.96. The van der Waals surface area contributed by atoms with Gasteiger partial charge in [-0.05, 0) is 36.1 Å². The average Bonchev–Trinajstić information content (AvgIpc) is 3.26. The van der Waals surface area contributed by atoms with Gasteiger partial charge in [0.15, 0.2) is 0 Å².